The van der Waals surface area contributed by atoms with Gasteiger partial charge in [0, 0.05) is 30.4 Å². The number of anilines is 1. The average molecular weight is 450 g/mol. The minimum Gasteiger partial charge on any atom is -0.474 e. The van der Waals surface area contributed by atoms with Gasteiger partial charge in [-0.1, -0.05) is 25.0 Å². The number of unbranched alkanes of at least 4 members (excludes halogenated alkanes) is 2. The number of rotatable bonds is 8. The lowest BCUT2D eigenvalue weighted by molar-refractivity contribution is -0.126. The Kier molecular flexibility index (Phi) is 7.28. The molecule has 0 radical (unpaired) electrons. The van der Waals surface area contributed by atoms with Gasteiger partial charge in [0.05, 0.1) is 5.69 Å². The number of likely N-dealkylation sites (tertiary alicyclic amines) is 1. The smallest absolute Gasteiger partial charge is 0.272 e. The molecule has 4 rings (SSSR count). The number of aromatic nitrogens is 1. The first-order chi connectivity index (χ1) is 16.0. The number of hydrogen-bond acceptors (Lipinski definition) is 5. The molecule has 2 aliphatic heterocycles. The maximum absolute atomic E-state index is 13.5. The van der Waals surface area contributed by atoms with Gasteiger partial charge in [-0.05, 0) is 70.3 Å². The summed E-state index contributed by atoms with van der Waals surface area (Å²) < 4.78 is 6.09. The van der Waals surface area contributed by atoms with Crippen LogP contribution in [0.2, 0.25) is 0 Å². The van der Waals surface area contributed by atoms with Crippen molar-refractivity contribution in [3.63, 3.8) is 0 Å². The van der Waals surface area contributed by atoms with Crippen molar-refractivity contribution in [3.8, 4) is 5.75 Å². The molecule has 2 aliphatic rings. The van der Waals surface area contributed by atoms with Crippen LogP contribution in [0.4, 0.5) is 5.69 Å². The van der Waals surface area contributed by atoms with Crippen LogP contribution >= 0.6 is 0 Å². The summed E-state index contributed by atoms with van der Waals surface area (Å²) in [6.45, 7) is 6.47. The number of fused-ring (bicyclic) bond motifs is 1. The van der Waals surface area contributed by atoms with Crippen molar-refractivity contribution >= 4 is 17.4 Å². The fourth-order valence-electron chi connectivity index (χ4n) is 5.07. The highest BCUT2D eigenvalue weighted by Crippen LogP contribution is 2.39. The summed E-state index contributed by atoms with van der Waals surface area (Å²) in [5, 5.41) is 7.66. The molecular formula is C26H35N5O2. The van der Waals surface area contributed by atoms with Crippen LogP contribution in [0.25, 0.3) is 0 Å². The molecule has 1 aromatic heterocycles. The Morgan fingerprint density at radius 1 is 1.12 bits per heavy atom. The number of hydrogen-bond donors (Lipinski definition) is 2. The van der Waals surface area contributed by atoms with E-state index >= 15 is 0 Å². The molecule has 0 aliphatic carbocycles. The van der Waals surface area contributed by atoms with Gasteiger partial charge in [-0.3, -0.25) is 20.1 Å². The molecule has 3 N–H and O–H groups in total. The maximum Gasteiger partial charge on any atom is 0.272 e. The van der Waals surface area contributed by atoms with E-state index in [-0.39, 0.29) is 11.7 Å². The molecule has 1 fully saturated rings. The molecule has 33 heavy (non-hydrogen) atoms. The van der Waals surface area contributed by atoms with E-state index in [1.807, 2.05) is 29.2 Å². The van der Waals surface area contributed by atoms with Gasteiger partial charge in [-0.2, -0.15) is 0 Å². The predicted molar refractivity (Wildman–Crippen MR) is 131 cm³/mol. The second-order valence-corrected chi connectivity index (χ2v) is 9.27. The fraction of sp³-hybridized carbons (Fsp3) is 0.500. The number of nitrogens with zero attached hydrogens (tertiary/aromatic N) is 3. The van der Waals surface area contributed by atoms with Gasteiger partial charge in [0.2, 0.25) is 6.10 Å². The molecule has 3 atom stereocenters. The summed E-state index contributed by atoms with van der Waals surface area (Å²) >= 11 is 0. The van der Waals surface area contributed by atoms with Gasteiger partial charge in [0.25, 0.3) is 5.91 Å². The average Bonchev–Trinajstić information content (AvgIpc) is 2.81. The molecule has 0 bridgehead atoms. The normalized spacial score (nSPS) is 23.2. The number of nitrogen functional groups attached to an aromatic ring is 1. The zero-order chi connectivity index (χ0) is 23.4. The first-order valence-corrected chi connectivity index (χ1v) is 12.1. The van der Waals surface area contributed by atoms with E-state index in [9.17, 15) is 4.79 Å². The molecule has 1 amide bonds. The van der Waals surface area contributed by atoms with Crippen LogP contribution in [0.1, 0.15) is 69.7 Å². The first kappa shape index (κ1) is 23.2. The van der Waals surface area contributed by atoms with Gasteiger partial charge in [-0.15, -0.1) is 0 Å². The number of benzene rings is 1. The Balaban J connectivity index is 1.42. The number of nitrogens with one attached hydrogen (secondary N) is 1. The highest BCUT2D eigenvalue weighted by atomic mass is 16.5. The van der Waals surface area contributed by atoms with Gasteiger partial charge in [0.1, 0.15) is 17.3 Å². The van der Waals surface area contributed by atoms with E-state index in [1.54, 1.807) is 18.3 Å². The molecular weight excluding hydrogens is 414 g/mol. The Bertz CT molecular complexity index is 984. The maximum atomic E-state index is 13.5. The SMILES string of the molecule is C[C@@H]1CCC[C@H](C)N1CCCCCN1C(=O)C(c2ccnc(C(=N)N)c2)Oc2ccccc21. The lowest BCUT2D eigenvalue weighted by atomic mass is 9.97. The third-order valence-electron chi connectivity index (χ3n) is 6.93. The van der Waals surface area contributed by atoms with Gasteiger partial charge < -0.3 is 15.4 Å². The van der Waals surface area contributed by atoms with Crippen molar-refractivity contribution in [3.05, 3.63) is 53.9 Å². The van der Waals surface area contributed by atoms with Crippen LogP contribution in [0.5, 0.6) is 5.75 Å². The summed E-state index contributed by atoms with van der Waals surface area (Å²) in [7, 11) is 0. The summed E-state index contributed by atoms with van der Waals surface area (Å²) in [5.74, 6) is 0.474. The lowest BCUT2D eigenvalue weighted by Crippen LogP contribution is -2.44. The Labute approximate surface area is 196 Å². The van der Waals surface area contributed by atoms with E-state index < -0.39 is 6.10 Å². The summed E-state index contributed by atoms with van der Waals surface area (Å²) in [6.07, 6.45) is 7.90. The number of ether oxygens (including phenoxy) is 1. The third kappa shape index (κ3) is 5.19. The van der Waals surface area contributed by atoms with Crippen molar-refractivity contribution in [2.24, 2.45) is 5.73 Å². The molecule has 7 nitrogen and oxygen atoms in total. The number of carbonyl (C=O) groups excluding carboxylic acids is 1. The van der Waals surface area contributed by atoms with E-state index in [4.69, 9.17) is 15.9 Å². The minimum atomic E-state index is -0.768. The quantitative estimate of drug-likeness (QED) is 0.357. The summed E-state index contributed by atoms with van der Waals surface area (Å²) in [4.78, 5) is 22.1. The summed E-state index contributed by atoms with van der Waals surface area (Å²) in [5.41, 5.74) is 7.42. The van der Waals surface area contributed by atoms with E-state index in [0.29, 0.717) is 35.6 Å². The topological polar surface area (TPSA) is 95.5 Å². The number of carbonyl (C=O) groups is 1. The Hall–Kier alpha value is -2.93. The predicted octanol–water partition coefficient (Wildman–Crippen LogP) is 4.27. The van der Waals surface area contributed by atoms with Crippen LogP contribution in [0.3, 0.4) is 0 Å². The van der Waals surface area contributed by atoms with Crippen LogP contribution in [-0.2, 0) is 4.79 Å². The van der Waals surface area contributed by atoms with Gasteiger partial charge in [0.15, 0.2) is 0 Å². The summed E-state index contributed by atoms with van der Waals surface area (Å²) in [6, 6.07) is 12.4. The highest BCUT2D eigenvalue weighted by molar-refractivity contribution is 6.01. The molecule has 1 unspecified atom stereocenters. The third-order valence-corrected chi connectivity index (χ3v) is 6.93. The number of amides is 1. The van der Waals surface area contributed by atoms with Gasteiger partial charge in [-0.25, -0.2) is 0 Å². The Morgan fingerprint density at radius 2 is 1.85 bits per heavy atom. The molecule has 2 aromatic rings. The molecule has 1 saturated heterocycles. The van der Waals surface area contributed by atoms with E-state index in [1.165, 1.54) is 19.3 Å². The molecule has 0 spiro atoms. The van der Waals surface area contributed by atoms with Crippen LogP contribution in [0.15, 0.2) is 42.6 Å². The van der Waals surface area contributed by atoms with Crippen LogP contribution in [-0.4, -0.2) is 46.8 Å². The van der Waals surface area contributed by atoms with E-state index in [2.05, 4.69) is 23.7 Å². The second-order valence-electron chi connectivity index (χ2n) is 9.27. The second kappa shape index (κ2) is 10.3. The first-order valence-electron chi connectivity index (χ1n) is 12.1. The zero-order valence-corrected chi connectivity index (χ0v) is 19.7. The Morgan fingerprint density at radius 3 is 2.61 bits per heavy atom. The van der Waals surface area contributed by atoms with Crippen molar-refractivity contribution in [1.82, 2.24) is 9.88 Å². The molecule has 176 valence electrons. The lowest BCUT2D eigenvalue weighted by Gasteiger charge is -2.39. The number of para-hydroxylation sites is 2. The molecule has 0 saturated carbocycles. The highest BCUT2D eigenvalue weighted by Gasteiger charge is 2.35. The largest absolute Gasteiger partial charge is 0.474 e. The van der Waals surface area contributed by atoms with E-state index in [0.717, 1.165) is 31.5 Å². The monoisotopic (exact) mass is 449 g/mol. The van der Waals surface area contributed by atoms with Crippen molar-refractivity contribution in [2.45, 2.75) is 70.6 Å². The molecule has 7 heteroatoms. The number of pyridine rings is 1. The fourth-order valence-corrected chi connectivity index (χ4v) is 5.07. The number of amidine groups is 1. The van der Waals surface area contributed by atoms with Crippen LogP contribution < -0.4 is 15.4 Å². The molecule has 3 heterocycles. The van der Waals surface area contributed by atoms with Crippen molar-refractivity contribution in [2.75, 3.05) is 18.0 Å². The number of piperidine rings is 1. The van der Waals surface area contributed by atoms with Crippen LogP contribution in [0, 0.1) is 5.41 Å². The zero-order valence-electron chi connectivity index (χ0n) is 19.7. The van der Waals surface area contributed by atoms with Crippen molar-refractivity contribution < 1.29 is 9.53 Å². The molecule has 1 aromatic carbocycles. The van der Waals surface area contributed by atoms with Crippen molar-refractivity contribution in [1.29, 1.82) is 5.41 Å². The minimum absolute atomic E-state index is 0.0901. The number of nitrogens with two attached hydrogens (primary N) is 1. The standard InChI is InChI=1S/C26H35N5O2/c1-18-9-8-10-19(2)30(18)15-6-3-7-16-31-22-11-4-5-12-23(22)33-24(26(31)32)20-13-14-29-21(17-20)25(27)28/h4-5,11-14,17-19,24H,3,6-10,15-16H2,1-2H3,(H3,27,28)/t18-,19+,24?. The van der Waals surface area contributed by atoms with Gasteiger partial charge >= 0.3 is 0 Å².